The first kappa shape index (κ1) is 43.8. The van der Waals surface area contributed by atoms with Gasteiger partial charge in [-0.3, -0.25) is 4.79 Å². The van der Waals surface area contributed by atoms with Gasteiger partial charge >= 0.3 is 5.97 Å². The fraction of sp³-hybridized carbons (Fsp3) is 0.658. The Labute approximate surface area is 303 Å². The molecule has 1 rings (SSSR count). The van der Waals surface area contributed by atoms with Gasteiger partial charge in [-0.1, -0.05) is 95.3 Å². The monoisotopic (exact) mass is 800 g/mol. The molecule has 1 aromatic carbocycles. The van der Waals surface area contributed by atoms with Crippen molar-refractivity contribution in [1.82, 2.24) is 0 Å². The van der Waals surface area contributed by atoms with Crippen molar-refractivity contribution in [2.45, 2.75) is 148 Å². The van der Waals surface area contributed by atoms with Crippen LogP contribution >= 0.6 is 22.6 Å². The van der Waals surface area contributed by atoms with E-state index in [-0.39, 0.29) is 41.7 Å². The fourth-order valence-electron chi connectivity index (χ4n) is 5.53. The van der Waals surface area contributed by atoms with Gasteiger partial charge in [-0.25, -0.2) is 0 Å². The lowest BCUT2D eigenvalue weighted by atomic mass is 9.91. The number of hydrogen-bond donors (Lipinski definition) is 0. The van der Waals surface area contributed by atoms with Gasteiger partial charge in [-0.05, 0) is 90.3 Å². The maximum Gasteiger partial charge on any atom is 0.308 e. The molecule has 5 atom stereocenters. The summed E-state index contributed by atoms with van der Waals surface area (Å²) in [5, 5.41) is -0.0186. The highest BCUT2D eigenvalue weighted by atomic mass is 127. The van der Waals surface area contributed by atoms with E-state index < -0.39 is 22.2 Å². The lowest BCUT2D eigenvalue weighted by molar-refractivity contribution is -0.151. The van der Waals surface area contributed by atoms with Crippen molar-refractivity contribution in [2.75, 3.05) is 7.11 Å². The molecule has 0 heterocycles. The van der Waals surface area contributed by atoms with Gasteiger partial charge < -0.3 is 23.1 Å². The molecule has 0 saturated carbocycles. The molecule has 0 radical (unpaired) electrons. The Morgan fingerprint density at radius 3 is 2.02 bits per heavy atom. The maximum absolute atomic E-state index is 13.6. The average molecular weight is 801 g/mol. The number of methoxy groups -OCH3 is 1. The van der Waals surface area contributed by atoms with Crippen LogP contribution in [0.2, 0.25) is 36.3 Å². The Bertz CT molecular complexity index is 1130. The Morgan fingerprint density at radius 1 is 1.00 bits per heavy atom. The van der Waals surface area contributed by atoms with E-state index in [9.17, 15) is 4.79 Å². The SMILES string of the molecule is C=C[C@H](OCc1ccc(OC)cc1)[C@@](C)(CC[C@H](CC(=O)O[C@H](/C(C)=C/I)[C@@H](C)C=C)O[Si](C)(C)C(C)(C)C)O[Si](CC)(CC)CC. The summed E-state index contributed by atoms with van der Waals surface area (Å²) < 4.78 is 34.3. The second kappa shape index (κ2) is 19.8. The normalized spacial score (nSPS) is 16.8. The molecule has 0 aliphatic rings. The molecule has 0 unspecified atom stereocenters. The highest BCUT2D eigenvalue weighted by molar-refractivity contribution is 14.1. The molecule has 0 amide bonds. The predicted molar refractivity (Wildman–Crippen MR) is 211 cm³/mol. The number of esters is 1. The van der Waals surface area contributed by atoms with Crippen LogP contribution in [0, 0.1) is 5.92 Å². The lowest BCUT2D eigenvalue weighted by Crippen LogP contribution is -2.53. The van der Waals surface area contributed by atoms with Gasteiger partial charge in [0.2, 0.25) is 0 Å². The molecule has 0 aliphatic heterocycles. The quantitative estimate of drug-likeness (QED) is 0.0504. The van der Waals surface area contributed by atoms with Gasteiger partial charge in [0.25, 0.3) is 0 Å². The van der Waals surface area contributed by atoms with E-state index in [0.717, 1.165) is 35.0 Å². The van der Waals surface area contributed by atoms with Crippen LogP contribution in [0.4, 0.5) is 0 Å². The summed E-state index contributed by atoms with van der Waals surface area (Å²) in [6, 6.07) is 11.0. The molecule has 9 heteroatoms. The standard InChI is InChI=1S/C38H65IO6Si2/c1-15-29(6)36(30(7)27-39)43-35(40)26-33(44-46(13,14)37(8,9)10)24-25-38(11,45-47(17-3,18-4)19-5)34(16-2)42-28-31-20-22-32(41-12)23-21-31/h15-16,20-23,27,29,33-34,36H,1-2,17-19,24-26,28H2,3-14H3/b30-27+/t29-,33+,34-,36-,38+/m0/s1. The third kappa shape index (κ3) is 13.2. The molecule has 0 aliphatic carbocycles. The summed E-state index contributed by atoms with van der Waals surface area (Å²) >= 11 is 2.20. The minimum Gasteiger partial charge on any atom is -0.497 e. The summed E-state index contributed by atoms with van der Waals surface area (Å²) in [6.45, 7) is 32.6. The lowest BCUT2D eigenvalue weighted by Gasteiger charge is -2.45. The number of carbonyl (C=O) groups excluding carboxylic acids is 1. The zero-order valence-corrected chi connectivity index (χ0v) is 35.7. The van der Waals surface area contributed by atoms with Crippen LogP contribution in [0.15, 0.2) is 59.2 Å². The zero-order valence-electron chi connectivity index (χ0n) is 31.5. The van der Waals surface area contributed by atoms with Crippen molar-refractivity contribution in [2.24, 2.45) is 5.92 Å². The minimum atomic E-state index is -2.23. The molecule has 0 spiro atoms. The molecule has 0 saturated heterocycles. The Morgan fingerprint density at radius 2 is 1.57 bits per heavy atom. The summed E-state index contributed by atoms with van der Waals surface area (Å²) in [5.74, 6) is 0.541. The van der Waals surface area contributed by atoms with Gasteiger partial charge in [0.1, 0.15) is 18.0 Å². The van der Waals surface area contributed by atoms with Crippen LogP contribution in [0.1, 0.15) is 87.1 Å². The molecule has 0 aromatic heterocycles. The summed E-state index contributed by atoms with van der Waals surface area (Å²) in [7, 11) is -2.64. The van der Waals surface area contributed by atoms with Gasteiger partial charge in [-0.15, -0.1) is 13.2 Å². The van der Waals surface area contributed by atoms with E-state index in [1.165, 1.54) is 0 Å². The third-order valence-electron chi connectivity index (χ3n) is 10.1. The topological polar surface area (TPSA) is 63.2 Å². The van der Waals surface area contributed by atoms with Crippen molar-refractivity contribution in [1.29, 1.82) is 0 Å². The van der Waals surface area contributed by atoms with E-state index in [2.05, 4.69) is 97.3 Å². The fourth-order valence-corrected chi connectivity index (χ4v) is 10.4. The Kier molecular flexibility index (Phi) is 18.5. The zero-order chi connectivity index (χ0) is 36.1. The summed E-state index contributed by atoms with van der Waals surface area (Å²) in [4.78, 5) is 13.6. The molecule has 0 N–H and O–H groups in total. The third-order valence-corrected chi connectivity index (χ3v) is 20.4. The second-order valence-corrected chi connectivity index (χ2v) is 24.6. The summed E-state index contributed by atoms with van der Waals surface area (Å²) in [5.41, 5.74) is 1.38. The van der Waals surface area contributed by atoms with Gasteiger partial charge in [0.15, 0.2) is 16.6 Å². The van der Waals surface area contributed by atoms with Gasteiger partial charge in [-0.2, -0.15) is 0 Å². The first-order chi connectivity index (χ1) is 21.9. The van der Waals surface area contributed by atoms with Gasteiger partial charge in [0.05, 0.1) is 31.8 Å². The van der Waals surface area contributed by atoms with Crippen LogP contribution in [0.5, 0.6) is 5.75 Å². The van der Waals surface area contributed by atoms with Gasteiger partial charge in [0, 0.05) is 5.92 Å². The van der Waals surface area contributed by atoms with Crippen molar-refractivity contribution >= 4 is 45.2 Å². The molecular weight excluding hydrogens is 735 g/mol. The number of rotatable bonds is 22. The van der Waals surface area contributed by atoms with Crippen LogP contribution in [0.25, 0.3) is 0 Å². The Hall–Kier alpha value is -1.25. The number of hydrogen-bond acceptors (Lipinski definition) is 6. The molecule has 0 bridgehead atoms. The van der Waals surface area contributed by atoms with E-state index in [1.807, 2.05) is 54.3 Å². The minimum absolute atomic E-state index is 0.00664. The summed E-state index contributed by atoms with van der Waals surface area (Å²) in [6.07, 6.45) is 4.09. The molecule has 1 aromatic rings. The largest absolute Gasteiger partial charge is 0.497 e. The van der Waals surface area contributed by atoms with E-state index in [0.29, 0.717) is 19.4 Å². The van der Waals surface area contributed by atoms with E-state index >= 15 is 0 Å². The molecule has 47 heavy (non-hydrogen) atoms. The second-order valence-electron chi connectivity index (χ2n) is 14.6. The van der Waals surface area contributed by atoms with Crippen molar-refractivity contribution < 1.29 is 27.9 Å². The maximum atomic E-state index is 13.6. The van der Waals surface area contributed by atoms with Crippen LogP contribution in [0.3, 0.4) is 0 Å². The predicted octanol–water partition coefficient (Wildman–Crippen LogP) is 11.2. The number of ether oxygens (including phenoxy) is 3. The number of benzene rings is 1. The average Bonchev–Trinajstić information content (AvgIpc) is 3.04. The smallest absolute Gasteiger partial charge is 0.308 e. The van der Waals surface area contributed by atoms with Crippen molar-refractivity contribution in [3.63, 3.8) is 0 Å². The van der Waals surface area contributed by atoms with Crippen molar-refractivity contribution in [3.05, 3.63) is 64.8 Å². The van der Waals surface area contributed by atoms with Crippen LogP contribution < -0.4 is 4.74 Å². The van der Waals surface area contributed by atoms with Crippen LogP contribution in [-0.2, 0) is 29.7 Å². The first-order valence-corrected chi connectivity index (χ1v) is 23.9. The molecule has 6 nitrogen and oxygen atoms in total. The first-order valence-electron chi connectivity index (χ1n) is 17.2. The highest BCUT2D eigenvalue weighted by Crippen LogP contribution is 2.40. The van der Waals surface area contributed by atoms with E-state index in [4.69, 9.17) is 23.1 Å². The Balaban J connectivity index is 3.46. The van der Waals surface area contributed by atoms with Crippen molar-refractivity contribution in [3.8, 4) is 5.75 Å². The number of halogens is 1. The number of carbonyl (C=O) groups is 1. The highest BCUT2D eigenvalue weighted by Gasteiger charge is 2.44. The molecular formula is C38H65IO6Si2. The molecule has 268 valence electrons. The van der Waals surface area contributed by atoms with Crippen LogP contribution in [-0.4, -0.2) is 53.6 Å². The van der Waals surface area contributed by atoms with E-state index in [1.54, 1.807) is 7.11 Å². The molecule has 0 fully saturated rings.